The van der Waals surface area contributed by atoms with Crippen LogP contribution in [0.15, 0.2) is 0 Å². The summed E-state index contributed by atoms with van der Waals surface area (Å²) in [5.74, 6) is -0.188. The van der Waals surface area contributed by atoms with Crippen molar-refractivity contribution in [2.45, 2.75) is 90.1 Å². The van der Waals surface area contributed by atoms with Gasteiger partial charge in [-0.15, -0.1) is 0 Å². The Balaban J connectivity index is 3.23. The van der Waals surface area contributed by atoms with E-state index in [1.165, 1.54) is 64.9 Å². The molecule has 0 aliphatic carbocycles. The molecule has 1 unspecified atom stereocenters. The standard InChI is InChI=1S/C18H36O4/c1-3-4-5-6-7-8-9-10-11-12-13-14-18(20)22-16-17(15-19)21-2/h17,19H,3-16H2,1-2H3. The normalized spacial score (nSPS) is 12.3. The maximum atomic E-state index is 11.5. The maximum absolute atomic E-state index is 11.5. The molecule has 0 aliphatic rings. The molecule has 1 atom stereocenters. The molecule has 0 saturated heterocycles. The first-order valence-corrected chi connectivity index (χ1v) is 9.03. The second-order valence-corrected chi connectivity index (χ2v) is 6.01. The molecule has 0 aromatic rings. The molecule has 132 valence electrons. The quantitative estimate of drug-likeness (QED) is 0.342. The van der Waals surface area contributed by atoms with Crippen molar-refractivity contribution in [3.63, 3.8) is 0 Å². The molecule has 0 amide bonds. The minimum Gasteiger partial charge on any atom is -0.463 e. The highest BCUT2D eigenvalue weighted by molar-refractivity contribution is 5.69. The Morgan fingerprint density at radius 2 is 1.41 bits per heavy atom. The summed E-state index contributed by atoms with van der Waals surface area (Å²) in [7, 11) is 1.50. The van der Waals surface area contributed by atoms with Crippen molar-refractivity contribution in [3.8, 4) is 0 Å². The number of unbranched alkanes of at least 4 members (excludes halogenated alkanes) is 10. The first kappa shape index (κ1) is 21.4. The minimum absolute atomic E-state index is 0.123. The van der Waals surface area contributed by atoms with E-state index in [0.717, 1.165) is 12.8 Å². The lowest BCUT2D eigenvalue weighted by molar-refractivity contribution is -0.148. The lowest BCUT2D eigenvalue weighted by Gasteiger charge is -2.12. The van der Waals surface area contributed by atoms with Crippen molar-refractivity contribution >= 4 is 5.97 Å². The number of hydrogen-bond acceptors (Lipinski definition) is 4. The maximum Gasteiger partial charge on any atom is 0.305 e. The van der Waals surface area contributed by atoms with Gasteiger partial charge in [0, 0.05) is 13.5 Å². The van der Waals surface area contributed by atoms with E-state index >= 15 is 0 Å². The van der Waals surface area contributed by atoms with Crippen LogP contribution in [-0.2, 0) is 14.3 Å². The molecule has 0 rings (SSSR count). The zero-order valence-electron chi connectivity index (χ0n) is 14.6. The van der Waals surface area contributed by atoms with Crippen LogP contribution >= 0.6 is 0 Å². The predicted molar refractivity (Wildman–Crippen MR) is 89.9 cm³/mol. The van der Waals surface area contributed by atoms with E-state index in [-0.39, 0.29) is 19.2 Å². The topological polar surface area (TPSA) is 55.8 Å². The Hall–Kier alpha value is -0.610. The third kappa shape index (κ3) is 14.3. The number of carbonyl (C=O) groups excluding carboxylic acids is 1. The highest BCUT2D eigenvalue weighted by Gasteiger charge is 2.09. The smallest absolute Gasteiger partial charge is 0.305 e. The molecule has 0 radical (unpaired) electrons. The number of aliphatic hydroxyl groups is 1. The molecule has 0 heterocycles. The van der Waals surface area contributed by atoms with Crippen LogP contribution in [0.25, 0.3) is 0 Å². The van der Waals surface area contributed by atoms with Crippen molar-refractivity contribution in [2.24, 2.45) is 0 Å². The lowest BCUT2D eigenvalue weighted by Crippen LogP contribution is -2.24. The molecule has 0 spiro atoms. The molecule has 4 nitrogen and oxygen atoms in total. The van der Waals surface area contributed by atoms with E-state index in [0.29, 0.717) is 6.42 Å². The number of carbonyl (C=O) groups is 1. The van der Waals surface area contributed by atoms with E-state index in [1.54, 1.807) is 0 Å². The molecule has 0 aromatic carbocycles. The molecule has 1 N–H and O–H groups in total. The van der Waals surface area contributed by atoms with Crippen molar-refractivity contribution in [1.29, 1.82) is 0 Å². The predicted octanol–water partition coefficient (Wildman–Crippen LogP) is 4.24. The summed E-state index contributed by atoms with van der Waals surface area (Å²) in [4.78, 5) is 11.5. The van der Waals surface area contributed by atoms with Gasteiger partial charge in [-0.25, -0.2) is 0 Å². The van der Waals surface area contributed by atoms with Gasteiger partial charge in [-0.1, -0.05) is 71.1 Å². The minimum atomic E-state index is -0.402. The first-order valence-electron chi connectivity index (χ1n) is 9.03. The van der Waals surface area contributed by atoms with Crippen molar-refractivity contribution in [2.75, 3.05) is 20.3 Å². The second-order valence-electron chi connectivity index (χ2n) is 6.01. The van der Waals surface area contributed by atoms with Crippen LogP contribution in [0.5, 0.6) is 0 Å². The number of hydrogen-bond donors (Lipinski definition) is 1. The summed E-state index contributed by atoms with van der Waals surface area (Å²) in [6.45, 7) is 2.27. The summed E-state index contributed by atoms with van der Waals surface area (Å²) in [5.41, 5.74) is 0. The van der Waals surface area contributed by atoms with Crippen LogP contribution in [0.3, 0.4) is 0 Å². The molecule has 0 saturated carbocycles. The molecular weight excluding hydrogens is 280 g/mol. The highest BCUT2D eigenvalue weighted by atomic mass is 16.6. The van der Waals surface area contributed by atoms with Crippen molar-refractivity contribution in [1.82, 2.24) is 0 Å². The van der Waals surface area contributed by atoms with Gasteiger partial charge >= 0.3 is 5.97 Å². The van der Waals surface area contributed by atoms with Gasteiger partial charge in [0.05, 0.1) is 6.61 Å². The molecule has 4 heteroatoms. The van der Waals surface area contributed by atoms with Crippen molar-refractivity contribution in [3.05, 3.63) is 0 Å². The third-order valence-corrected chi connectivity index (χ3v) is 3.95. The fraction of sp³-hybridized carbons (Fsp3) is 0.944. The molecular formula is C18H36O4. The van der Waals surface area contributed by atoms with Crippen LogP contribution in [0.2, 0.25) is 0 Å². The van der Waals surface area contributed by atoms with E-state index in [1.807, 2.05) is 0 Å². The van der Waals surface area contributed by atoms with Crippen LogP contribution < -0.4 is 0 Å². The summed E-state index contributed by atoms with van der Waals surface area (Å²) >= 11 is 0. The van der Waals surface area contributed by atoms with E-state index in [4.69, 9.17) is 14.6 Å². The Morgan fingerprint density at radius 3 is 1.86 bits per heavy atom. The number of methoxy groups -OCH3 is 1. The van der Waals surface area contributed by atoms with Crippen LogP contribution in [0.1, 0.15) is 84.0 Å². The average molecular weight is 316 g/mol. The first-order chi connectivity index (χ1) is 10.7. The van der Waals surface area contributed by atoms with Gasteiger partial charge in [0.2, 0.25) is 0 Å². The molecule has 22 heavy (non-hydrogen) atoms. The van der Waals surface area contributed by atoms with Gasteiger partial charge in [0.1, 0.15) is 12.7 Å². The molecule has 0 aliphatic heterocycles. The van der Waals surface area contributed by atoms with Gasteiger partial charge in [0.25, 0.3) is 0 Å². The van der Waals surface area contributed by atoms with Crippen molar-refractivity contribution < 1.29 is 19.4 Å². The molecule has 0 aromatic heterocycles. The van der Waals surface area contributed by atoms with E-state index in [9.17, 15) is 4.79 Å². The fourth-order valence-corrected chi connectivity index (χ4v) is 2.39. The van der Waals surface area contributed by atoms with Crippen LogP contribution in [0, 0.1) is 0 Å². The number of esters is 1. The number of aliphatic hydroxyl groups excluding tert-OH is 1. The summed E-state index contributed by atoms with van der Waals surface area (Å²) in [6, 6.07) is 0. The summed E-state index contributed by atoms with van der Waals surface area (Å²) < 4.78 is 9.99. The third-order valence-electron chi connectivity index (χ3n) is 3.95. The fourth-order valence-electron chi connectivity index (χ4n) is 2.39. The molecule has 0 fully saturated rings. The van der Waals surface area contributed by atoms with Gasteiger partial charge in [-0.3, -0.25) is 4.79 Å². The monoisotopic (exact) mass is 316 g/mol. The molecule has 0 bridgehead atoms. The summed E-state index contributed by atoms with van der Waals surface area (Å²) in [6.07, 6.45) is 14.1. The zero-order chi connectivity index (χ0) is 16.5. The number of ether oxygens (including phenoxy) is 2. The Kier molecular flexibility index (Phi) is 16.3. The Morgan fingerprint density at radius 1 is 0.909 bits per heavy atom. The van der Waals surface area contributed by atoms with Gasteiger partial charge in [-0.2, -0.15) is 0 Å². The zero-order valence-corrected chi connectivity index (χ0v) is 14.6. The number of rotatable bonds is 16. The van der Waals surface area contributed by atoms with E-state index in [2.05, 4.69) is 6.92 Å². The van der Waals surface area contributed by atoms with Gasteiger partial charge in [0.15, 0.2) is 0 Å². The van der Waals surface area contributed by atoms with Gasteiger partial charge in [-0.05, 0) is 6.42 Å². The largest absolute Gasteiger partial charge is 0.463 e. The van der Waals surface area contributed by atoms with Crippen LogP contribution in [0.4, 0.5) is 0 Å². The van der Waals surface area contributed by atoms with Gasteiger partial charge < -0.3 is 14.6 Å². The second kappa shape index (κ2) is 16.8. The SMILES string of the molecule is CCCCCCCCCCCCCC(=O)OCC(CO)OC. The Labute approximate surface area is 136 Å². The lowest BCUT2D eigenvalue weighted by atomic mass is 10.1. The summed E-state index contributed by atoms with van der Waals surface area (Å²) in [5, 5.41) is 8.90. The average Bonchev–Trinajstić information content (AvgIpc) is 2.53. The highest BCUT2D eigenvalue weighted by Crippen LogP contribution is 2.12. The van der Waals surface area contributed by atoms with Crippen LogP contribution in [-0.4, -0.2) is 37.5 Å². The Bertz CT molecular complexity index is 239. The van der Waals surface area contributed by atoms with E-state index < -0.39 is 6.10 Å².